The number of likely N-dealkylation sites (tertiary alicyclic amines) is 1. The number of nitrogens with zero attached hydrogens (tertiary/aromatic N) is 3. The lowest BCUT2D eigenvalue weighted by atomic mass is 10.1. The molecule has 1 aliphatic heterocycles. The topological polar surface area (TPSA) is 109 Å². The molecule has 1 fully saturated rings. The predicted octanol–water partition coefficient (Wildman–Crippen LogP) is 0.256. The maximum absolute atomic E-state index is 11.8. The van der Waals surface area contributed by atoms with Gasteiger partial charge >= 0.3 is 12.0 Å². The van der Waals surface area contributed by atoms with Gasteiger partial charge in [-0.1, -0.05) is 5.10 Å². The third kappa shape index (κ3) is 3.75. The van der Waals surface area contributed by atoms with Gasteiger partial charge in [-0.25, -0.2) is 0 Å². The van der Waals surface area contributed by atoms with Crippen LogP contribution < -0.4 is 5.32 Å². The van der Waals surface area contributed by atoms with Crippen molar-refractivity contribution in [2.45, 2.75) is 32.2 Å². The molecule has 8 heteroatoms. The summed E-state index contributed by atoms with van der Waals surface area (Å²) in [5, 5.41) is 18.6. The number of aliphatic carboxylic acids is 1. The molecule has 1 saturated heterocycles. The van der Waals surface area contributed by atoms with E-state index in [-0.39, 0.29) is 30.9 Å². The fourth-order valence-corrected chi connectivity index (χ4v) is 2.23. The van der Waals surface area contributed by atoms with Crippen molar-refractivity contribution in [3.8, 4) is 0 Å². The number of carboxylic acids is 1. The summed E-state index contributed by atoms with van der Waals surface area (Å²) >= 11 is 0. The Hall–Kier alpha value is -1.96. The molecule has 19 heavy (non-hydrogen) atoms. The fraction of sp³-hybridized carbons (Fsp3) is 0.636. The molecule has 0 spiro atoms. The summed E-state index contributed by atoms with van der Waals surface area (Å²) in [6.45, 7) is 2.50. The Morgan fingerprint density at radius 1 is 1.53 bits per heavy atom. The lowest BCUT2D eigenvalue weighted by Gasteiger charge is -2.21. The van der Waals surface area contributed by atoms with Crippen molar-refractivity contribution in [1.82, 2.24) is 15.1 Å². The molecule has 2 N–H and O–H groups in total. The maximum Gasteiger partial charge on any atom is 0.322 e. The average molecular weight is 268 g/mol. The molecule has 0 radical (unpaired) electrons. The maximum atomic E-state index is 11.8. The molecular formula is C11H16N4O4. The van der Waals surface area contributed by atoms with E-state index in [0.29, 0.717) is 5.89 Å². The molecule has 1 atom stereocenters. The van der Waals surface area contributed by atoms with Gasteiger partial charge in [-0.15, -0.1) is 5.10 Å². The van der Waals surface area contributed by atoms with Crippen LogP contribution in [0, 0.1) is 6.92 Å². The molecule has 0 bridgehead atoms. The van der Waals surface area contributed by atoms with Crippen LogP contribution in [0.4, 0.5) is 6.01 Å². The molecule has 1 unspecified atom stereocenters. The van der Waals surface area contributed by atoms with Crippen LogP contribution in [0.1, 0.15) is 25.2 Å². The number of anilines is 1. The number of amides is 1. The molecule has 104 valence electrons. The molecule has 2 heterocycles. The van der Waals surface area contributed by atoms with Crippen LogP contribution in [0.2, 0.25) is 0 Å². The fourth-order valence-electron chi connectivity index (χ4n) is 2.23. The van der Waals surface area contributed by atoms with E-state index in [2.05, 4.69) is 15.5 Å². The second-order valence-corrected chi connectivity index (χ2v) is 4.54. The first-order valence-corrected chi connectivity index (χ1v) is 6.10. The van der Waals surface area contributed by atoms with Crippen LogP contribution >= 0.6 is 0 Å². The highest BCUT2D eigenvalue weighted by Gasteiger charge is 2.28. The summed E-state index contributed by atoms with van der Waals surface area (Å²) < 4.78 is 5.04. The standard InChI is InChI=1S/C11H16N4O4/c1-7-13-14-11(19-7)12-9(16)6-15-4-2-3-8(15)5-10(17)18/h8H,2-6H2,1H3,(H,17,18)(H,12,14,16). The van der Waals surface area contributed by atoms with Gasteiger partial charge < -0.3 is 9.52 Å². The number of carboxylic acid groups (broad SMARTS) is 1. The Labute approximate surface area is 109 Å². The van der Waals surface area contributed by atoms with Crippen LogP contribution in [0.15, 0.2) is 4.42 Å². The van der Waals surface area contributed by atoms with Crippen LogP contribution in [0.3, 0.4) is 0 Å². The molecule has 1 aromatic rings. The number of nitrogens with one attached hydrogen (secondary N) is 1. The van der Waals surface area contributed by atoms with Gasteiger partial charge in [0, 0.05) is 13.0 Å². The highest BCUT2D eigenvalue weighted by Crippen LogP contribution is 2.19. The SMILES string of the molecule is Cc1nnc(NC(=O)CN2CCCC2CC(=O)O)o1. The third-order valence-electron chi connectivity index (χ3n) is 3.03. The Balaban J connectivity index is 1.85. The number of carbonyl (C=O) groups is 2. The van der Waals surface area contributed by atoms with E-state index in [4.69, 9.17) is 9.52 Å². The summed E-state index contributed by atoms with van der Waals surface area (Å²) in [6.07, 6.45) is 1.77. The first-order valence-electron chi connectivity index (χ1n) is 6.10. The first-order chi connectivity index (χ1) is 9.04. The van der Waals surface area contributed by atoms with Crippen molar-refractivity contribution in [3.63, 3.8) is 0 Å². The first kappa shape index (κ1) is 13.5. The van der Waals surface area contributed by atoms with Gasteiger partial charge in [0.1, 0.15) is 0 Å². The molecule has 0 aliphatic carbocycles. The Morgan fingerprint density at radius 3 is 2.95 bits per heavy atom. The largest absolute Gasteiger partial charge is 0.481 e. The van der Waals surface area contributed by atoms with Crippen molar-refractivity contribution in [1.29, 1.82) is 0 Å². The number of aryl methyl sites for hydroxylation is 1. The predicted molar refractivity (Wildman–Crippen MR) is 64.5 cm³/mol. The Morgan fingerprint density at radius 2 is 2.32 bits per heavy atom. The van der Waals surface area contributed by atoms with Crippen LogP contribution in [-0.4, -0.2) is 51.2 Å². The van der Waals surface area contributed by atoms with Gasteiger partial charge in [-0.05, 0) is 19.4 Å². The second kappa shape index (κ2) is 5.79. The third-order valence-corrected chi connectivity index (χ3v) is 3.03. The quantitative estimate of drug-likeness (QED) is 0.788. The van der Waals surface area contributed by atoms with Crippen molar-refractivity contribution < 1.29 is 19.1 Å². The van der Waals surface area contributed by atoms with E-state index in [1.807, 2.05) is 4.90 Å². The van der Waals surface area contributed by atoms with Gasteiger partial charge in [-0.3, -0.25) is 19.8 Å². The molecule has 2 rings (SSSR count). The molecule has 0 saturated carbocycles. The van der Waals surface area contributed by atoms with E-state index in [9.17, 15) is 9.59 Å². The molecule has 0 aromatic carbocycles. The van der Waals surface area contributed by atoms with E-state index in [0.717, 1.165) is 19.4 Å². The van der Waals surface area contributed by atoms with Crippen molar-refractivity contribution in [2.24, 2.45) is 0 Å². The molecule has 1 aromatic heterocycles. The smallest absolute Gasteiger partial charge is 0.322 e. The van der Waals surface area contributed by atoms with Crippen LogP contribution in [0.5, 0.6) is 0 Å². The number of aromatic nitrogens is 2. The van der Waals surface area contributed by atoms with Crippen molar-refractivity contribution in [2.75, 3.05) is 18.4 Å². The highest BCUT2D eigenvalue weighted by atomic mass is 16.4. The van der Waals surface area contributed by atoms with Crippen molar-refractivity contribution in [3.05, 3.63) is 5.89 Å². The summed E-state index contributed by atoms with van der Waals surface area (Å²) in [6, 6.07) is -0.0100. The van der Waals surface area contributed by atoms with Gasteiger partial charge in [0.15, 0.2) is 0 Å². The zero-order chi connectivity index (χ0) is 13.8. The van der Waals surface area contributed by atoms with Crippen LogP contribution in [-0.2, 0) is 9.59 Å². The number of hydrogen-bond acceptors (Lipinski definition) is 6. The van der Waals surface area contributed by atoms with E-state index >= 15 is 0 Å². The molecule has 1 amide bonds. The molecular weight excluding hydrogens is 252 g/mol. The van der Waals surface area contributed by atoms with Crippen LogP contribution in [0.25, 0.3) is 0 Å². The summed E-state index contributed by atoms with van der Waals surface area (Å²) in [4.78, 5) is 24.4. The lowest BCUT2D eigenvalue weighted by Crippen LogP contribution is -2.37. The number of carbonyl (C=O) groups excluding carboxylic acids is 1. The number of hydrogen-bond donors (Lipinski definition) is 2. The minimum atomic E-state index is -0.843. The minimum absolute atomic E-state index is 0.0624. The summed E-state index contributed by atoms with van der Waals surface area (Å²) in [7, 11) is 0. The lowest BCUT2D eigenvalue weighted by molar-refractivity contribution is -0.138. The monoisotopic (exact) mass is 268 g/mol. The summed E-state index contributed by atoms with van der Waals surface area (Å²) in [5.74, 6) is -0.744. The van der Waals surface area contributed by atoms with Crippen molar-refractivity contribution >= 4 is 17.9 Å². The average Bonchev–Trinajstić information content (AvgIpc) is 2.88. The molecule has 1 aliphatic rings. The van der Waals surface area contributed by atoms with Gasteiger partial charge in [0.05, 0.1) is 13.0 Å². The van der Waals surface area contributed by atoms with Gasteiger partial charge in [0.25, 0.3) is 0 Å². The highest BCUT2D eigenvalue weighted by molar-refractivity contribution is 5.90. The Bertz CT molecular complexity index is 473. The van der Waals surface area contributed by atoms with E-state index in [1.54, 1.807) is 6.92 Å². The van der Waals surface area contributed by atoms with Gasteiger partial charge in [-0.2, -0.15) is 0 Å². The zero-order valence-electron chi connectivity index (χ0n) is 10.6. The normalized spacial score (nSPS) is 19.5. The number of rotatable bonds is 5. The minimum Gasteiger partial charge on any atom is -0.481 e. The van der Waals surface area contributed by atoms with Gasteiger partial charge in [0.2, 0.25) is 11.8 Å². The van der Waals surface area contributed by atoms with E-state index in [1.165, 1.54) is 0 Å². The Kier molecular flexibility index (Phi) is 4.10. The van der Waals surface area contributed by atoms with E-state index < -0.39 is 5.97 Å². The second-order valence-electron chi connectivity index (χ2n) is 4.54. The zero-order valence-corrected chi connectivity index (χ0v) is 10.6. The molecule has 8 nitrogen and oxygen atoms in total. The summed E-state index contributed by atoms with van der Waals surface area (Å²) in [5.41, 5.74) is 0.